The van der Waals surface area contributed by atoms with E-state index in [9.17, 15) is 0 Å². The van der Waals surface area contributed by atoms with Gasteiger partial charge < -0.3 is 14.5 Å². The average Bonchev–Trinajstić information content (AvgIpc) is 2.86. The molecule has 0 unspecified atom stereocenters. The van der Waals surface area contributed by atoms with E-state index in [-0.39, 0.29) is 0 Å². The predicted molar refractivity (Wildman–Crippen MR) is 150 cm³/mol. The van der Waals surface area contributed by atoms with Crippen LogP contribution in [0.1, 0.15) is 57.8 Å². The zero-order valence-corrected chi connectivity index (χ0v) is 22.8. The van der Waals surface area contributed by atoms with Gasteiger partial charge in [0.1, 0.15) is 24.0 Å². The number of aromatic nitrogens is 2. The third-order valence-corrected chi connectivity index (χ3v) is 6.95. The first-order valence-corrected chi connectivity index (χ1v) is 13.2. The maximum Gasteiger partial charge on any atom is 0.142 e. The standard InChI is InChI=1S/C11H13N3.C11H15NO.C8H16/c1-8-12-10-7-5-4-6-9(10)11(13-8)14(2)3;1-3-9-4-5-10-11(8-9)13-7-6-12(10)2;1-7-3-5-8(2)6-4-7/h4-7H,1-3H3;4-5,8H,3,6-7H2,1-2H3;7-8H,3-6H2,1-2H3. The van der Waals surface area contributed by atoms with Crippen molar-refractivity contribution in [2.75, 3.05) is 44.1 Å². The normalized spacial score (nSPS) is 18.9. The van der Waals surface area contributed by atoms with Gasteiger partial charge in [0, 0.05) is 26.5 Å². The topological polar surface area (TPSA) is 41.5 Å². The minimum Gasteiger partial charge on any atom is -0.490 e. The largest absolute Gasteiger partial charge is 0.490 e. The van der Waals surface area contributed by atoms with E-state index in [1.54, 1.807) is 0 Å². The molecule has 0 saturated heterocycles. The smallest absolute Gasteiger partial charge is 0.142 e. The van der Waals surface area contributed by atoms with Gasteiger partial charge in [-0.15, -0.1) is 0 Å². The van der Waals surface area contributed by atoms with Gasteiger partial charge in [-0.25, -0.2) is 9.97 Å². The summed E-state index contributed by atoms with van der Waals surface area (Å²) >= 11 is 0. The van der Waals surface area contributed by atoms with Gasteiger partial charge in [0.15, 0.2) is 0 Å². The summed E-state index contributed by atoms with van der Waals surface area (Å²) in [6.07, 6.45) is 6.96. The lowest BCUT2D eigenvalue weighted by atomic mass is 9.84. The summed E-state index contributed by atoms with van der Waals surface area (Å²) in [7, 11) is 6.09. The molecule has 2 heterocycles. The summed E-state index contributed by atoms with van der Waals surface area (Å²) in [5.74, 6) is 4.87. The third kappa shape index (κ3) is 7.58. The summed E-state index contributed by atoms with van der Waals surface area (Å²) in [6.45, 7) is 10.6. The van der Waals surface area contributed by atoms with E-state index in [1.165, 1.54) is 36.9 Å². The lowest BCUT2D eigenvalue weighted by Gasteiger charge is -2.27. The molecule has 2 aromatic carbocycles. The zero-order chi connectivity index (χ0) is 25.4. The Morgan fingerprint density at radius 2 is 1.63 bits per heavy atom. The van der Waals surface area contributed by atoms with E-state index in [2.05, 4.69) is 60.9 Å². The van der Waals surface area contributed by atoms with Crippen molar-refractivity contribution in [3.05, 3.63) is 53.9 Å². The van der Waals surface area contributed by atoms with Crippen molar-refractivity contribution in [1.82, 2.24) is 9.97 Å². The van der Waals surface area contributed by atoms with E-state index in [1.807, 2.05) is 50.2 Å². The van der Waals surface area contributed by atoms with Crippen LogP contribution in [-0.2, 0) is 6.42 Å². The number of anilines is 2. The average molecular weight is 477 g/mol. The summed E-state index contributed by atoms with van der Waals surface area (Å²) < 4.78 is 5.59. The number of nitrogens with zero attached hydrogens (tertiary/aromatic N) is 4. The summed E-state index contributed by atoms with van der Waals surface area (Å²) in [4.78, 5) is 13.0. The van der Waals surface area contributed by atoms with Crippen molar-refractivity contribution in [3.8, 4) is 5.75 Å². The molecular formula is C30H44N4O. The molecule has 1 aliphatic carbocycles. The fourth-order valence-electron chi connectivity index (χ4n) is 4.56. The molecule has 0 N–H and O–H groups in total. The first-order chi connectivity index (χ1) is 16.8. The van der Waals surface area contributed by atoms with Crippen LogP contribution in [-0.4, -0.2) is 44.3 Å². The second-order valence-electron chi connectivity index (χ2n) is 10.3. The highest BCUT2D eigenvalue weighted by Crippen LogP contribution is 2.31. The Labute approximate surface area is 212 Å². The van der Waals surface area contributed by atoms with Crippen LogP contribution in [0, 0.1) is 18.8 Å². The molecule has 2 aliphatic rings. The first-order valence-electron chi connectivity index (χ1n) is 13.2. The van der Waals surface area contributed by atoms with Gasteiger partial charge in [0.2, 0.25) is 0 Å². The van der Waals surface area contributed by atoms with E-state index < -0.39 is 0 Å². The number of hydrogen-bond donors (Lipinski definition) is 0. The Morgan fingerprint density at radius 3 is 2.26 bits per heavy atom. The molecule has 0 amide bonds. The van der Waals surface area contributed by atoms with Crippen molar-refractivity contribution in [1.29, 1.82) is 0 Å². The number of para-hydroxylation sites is 1. The molecule has 1 saturated carbocycles. The van der Waals surface area contributed by atoms with E-state index in [4.69, 9.17) is 4.74 Å². The molecule has 0 radical (unpaired) electrons. The summed E-state index contributed by atoms with van der Waals surface area (Å²) in [5, 5.41) is 1.10. The highest BCUT2D eigenvalue weighted by atomic mass is 16.5. The molecule has 190 valence electrons. The van der Waals surface area contributed by atoms with Crippen LogP contribution < -0.4 is 14.5 Å². The second-order valence-corrected chi connectivity index (χ2v) is 10.3. The number of likely N-dealkylation sites (N-methyl/N-ethyl adjacent to an activating group) is 1. The summed E-state index contributed by atoms with van der Waals surface area (Å²) in [6, 6.07) is 14.5. The number of hydrogen-bond acceptors (Lipinski definition) is 5. The Bertz CT molecular complexity index is 1060. The number of ether oxygens (including phenoxy) is 1. The fraction of sp³-hybridized carbons (Fsp3) is 0.533. The first kappa shape index (κ1) is 26.8. The Hall–Kier alpha value is -2.82. The molecule has 0 spiro atoms. The Morgan fingerprint density at radius 1 is 0.971 bits per heavy atom. The number of benzene rings is 2. The van der Waals surface area contributed by atoms with Crippen molar-refractivity contribution >= 4 is 22.4 Å². The van der Waals surface area contributed by atoms with Crippen molar-refractivity contribution in [2.24, 2.45) is 11.8 Å². The highest BCUT2D eigenvalue weighted by molar-refractivity contribution is 5.89. The van der Waals surface area contributed by atoms with Crippen LogP contribution in [0.4, 0.5) is 11.5 Å². The van der Waals surface area contributed by atoms with Crippen LogP contribution in [0.5, 0.6) is 5.75 Å². The quantitative estimate of drug-likeness (QED) is 0.402. The maximum absolute atomic E-state index is 5.59. The maximum atomic E-state index is 5.59. The van der Waals surface area contributed by atoms with Crippen molar-refractivity contribution in [3.63, 3.8) is 0 Å². The van der Waals surface area contributed by atoms with Gasteiger partial charge in [-0.05, 0) is 55.0 Å². The molecular weight excluding hydrogens is 432 g/mol. The van der Waals surface area contributed by atoms with E-state index >= 15 is 0 Å². The van der Waals surface area contributed by atoms with Crippen LogP contribution >= 0.6 is 0 Å². The Kier molecular flexibility index (Phi) is 9.76. The second kappa shape index (κ2) is 12.8. The molecule has 35 heavy (non-hydrogen) atoms. The minimum atomic E-state index is 0.802. The minimum absolute atomic E-state index is 0.802. The van der Waals surface area contributed by atoms with Crippen LogP contribution in [0.25, 0.3) is 10.9 Å². The molecule has 5 nitrogen and oxygen atoms in total. The molecule has 1 aromatic heterocycles. The van der Waals surface area contributed by atoms with Crippen molar-refractivity contribution in [2.45, 2.75) is 59.8 Å². The van der Waals surface area contributed by atoms with Gasteiger partial charge in [-0.3, -0.25) is 0 Å². The third-order valence-electron chi connectivity index (χ3n) is 6.95. The van der Waals surface area contributed by atoms with Crippen molar-refractivity contribution < 1.29 is 4.74 Å². The van der Waals surface area contributed by atoms with Gasteiger partial charge in [0.05, 0.1) is 17.7 Å². The molecule has 1 aliphatic heterocycles. The monoisotopic (exact) mass is 476 g/mol. The van der Waals surface area contributed by atoms with Gasteiger partial charge in [-0.2, -0.15) is 0 Å². The van der Waals surface area contributed by atoms with Gasteiger partial charge in [0.25, 0.3) is 0 Å². The SMILES string of the molecule is CC1CCC(C)CC1.CCc1ccc2c(c1)OCCN2C.Cc1nc(N(C)C)c2ccccc2n1. The molecule has 0 atom stereocenters. The number of rotatable bonds is 2. The van der Waals surface area contributed by atoms with Gasteiger partial charge in [-0.1, -0.05) is 64.7 Å². The molecule has 5 rings (SSSR count). The summed E-state index contributed by atoms with van der Waals surface area (Å²) in [5.41, 5.74) is 3.56. The lowest BCUT2D eigenvalue weighted by Crippen LogP contribution is -2.28. The number of aryl methyl sites for hydroxylation is 2. The molecule has 1 fully saturated rings. The van der Waals surface area contributed by atoms with Crippen LogP contribution in [0.2, 0.25) is 0 Å². The number of fused-ring (bicyclic) bond motifs is 2. The van der Waals surface area contributed by atoms with Gasteiger partial charge >= 0.3 is 0 Å². The van der Waals surface area contributed by atoms with E-state index in [0.29, 0.717) is 0 Å². The van der Waals surface area contributed by atoms with E-state index in [0.717, 1.165) is 59.7 Å². The molecule has 0 bridgehead atoms. The molecule has 3 aromatic rings. The fourth-order valence-corrected chi connectivity index (χ4v) is 4.56. The van der Waals surface area contributed by atoms with Crippen LogP contribution in [0.3, 0.4) is 0 Å². The molecule has 5 heteroatoms. The predicted octanol–water partition coefficient (Wildman–Crippen LogP) is 6.91. The zero-order valence-electron chi connectivity index (χ0n) is 22.8. The lowest BCUT2D eigenvalue weighted by molar-refractivity contribution is 0.308. The van der Waals surface area contributed by atoms with Crippen LogP contribution in [0.15, 0.2) is 42.5 Å². The highest BCUT2D eigenvalue weighted by Gasteiger charge is 2.14. The Balaban J connectivity index is 0.000000152.